The average molecular weight is 433 g/mol. The molecule has 0 aliphatic rings. The molecule has 1 unspecified atom stereocenters. The van der Waals surface area contributed by atoms with E-state index >= 15 is 0 Å². The van der Waals surface area contributed by atoms with Gasteiger partial charge >= 0.3 is 5.97 Å². The van der Waals surface area contributed by atoms with Gasteiger partial charge in [0.25, 0.3) is 0 Å². The van der Waals surface area contributed by atoms with Crippen molar-refractivity contribution in [2.45, 2.75) is 40.2 Å². The first-order chi connectivity index (χ1) is 14.0. The smallest absolute Gasteiger partial charge is 0.338 e. The maximum Gasteiger partial charge on any atom is 0.338 e. The summed E-state index contributed by atoms with van der Waals surface area (Å²) in [5.74, 6) is -0.991. The van der Waals surface area contributed by atoms with Crippen molar-refractivity contribution in [3.8, 4) is 0 Å². The summed E-state index contributed by atoms with van der Waals surface area (Å²) in [6.45, 7) is 7.27. The highest BCUT2D eigenvalue weighted by Gasteiger charge is 2.32. The van der Waals surface area contributed by atoms with Crippen LogP contribution in [0.2, 0.25) is 0 Å². The van der Waals surface area contributed by atoms with Crippen LogP contribution < -0.4 is 9.62 Å². The van der Waals surface area contributed by atoms with Gasteiger partial charge in [0.05, 0.1) is 24.6 Å². The van der Waals surface area contributed by atoms with Crippen molar-refractivity contribution in [1.29, 1.82) is 0 Å². The van der Waals surface area contributed by atoms with Crippen LogP contribution >= 0.6 is 0 Å². The first kappa shape index (κ1) is 23.4. The molecule has 2 aromatic carbocycles. The third-order valence-electron chi connectivity index (χ3n) is 5.07. The van der Waals surface area contributed by atoms with Gasteiger partial charge in [0, 0.05) is 5.69 Å². The Labute approximate surface area is 178 Å². The average Bonchev–Trinajstić information content (AvgIpc) is 2.68. The molecule has 0 aliphatic carbocycles. The molecule has 7 nitrogen and oxygen atoms in total. The maximum absolute atomic E-state index is 13.1. The lowest BCUT2D eigenvalue weighted by Crippen LogP contribution is -2.47. The lowest BCUT2D eigenvalue weighted by Gasteiger charge is -2.30. The van der Waals surface area contributed by atoms with Gasteiger partial charge in [-0.15, -0.1) is 0 Å². The molecule has 0 radical (unpaired) electrons. The number of hydrogen-bond donors (Lipinski definition) is 1. The van der Waals surface area contributed by atoms with Crippen LogP contribution in [0, 0.1) is 20.8 Å². The highest BCUT2D eigenvalue weighted by molar-refractivity contribution is 7.92. The normalized spacial score (nSPS) is 12.2. The summed E-state index contributed by atoms with van der Waals surface area (Å²) in [4.78, 5) is 25.1. The molecule has 162 valence electrons. The molecule has 0 saturated carbocycles. The zero-order chi connectivity index (χ0) is 22.6. The molecule has 1 N–H and O–H groups in total. The number of rotatable bonds is 7. The Kier molecular flexibility index (Phi) is 7.25. The number of esters is 1. The number of sulfonamides is 1. The quantitative estimate of drug-likeness (QED) is 0.675. The number of benzene rings is 2. The third-order valence-corrected chi connectivity index (χ3v) is 6.25. The molecule has 0 saturated heterocycles. The first-order valence-electron chi connectivity index (χ1n) is 9.56. The lowest BCUT2D eigenvalue weighted by molar-refractivity contribution is -0.117. The Morgan fingerprint density at radius 3 is 2.30 bits per heavy atom. The van der Waals surface area contributed by atoms with Gasteiger partial charge in [-0.25, -0.2) is 13.2 Å². The van der Waals surface area contributed by atoms with Crippen LogP contribution in [0.1, 0.15) is 40.4 Å². The van der Waals surface area contributed by atoms with E-state index in [1.54, 1.807) is 44.2 Å². The van der Waals surface area contributed by atoms with Crippen LogP contribution in [0.3, 0.4) is 0 Å². The van der Waals surface area contributed by atoms with Crippen LogP contribution in [-0.2, 0) is 19.6 Å². The fourth-order valence-corrected chi connectivity index (χ4v) is 4.44. The van der Waals surface area contributed by atoms with Gasteiger partial charge < -0.3 is 10.1 Å². The molecule has 0 aromatic heterocycles. The summed E-state index contributed by atoms with van der Waals surface area (Å²) in [6.07, 6.45) is 1.35. The van der Waals surface area contributed by atoms with Gasteiger partial charge in [-0.2, -0.15) is 0 Å². The molecule has 2 aromatic rings. The van der Waals surface area contributed by atoms with Crippen LogP contribution in [0.15, 0.2) is 36.4 Å². The Balaban J connectivity index is 2.44. The largest absolute Gasteiger partial charge is 0.465 e. The monoisotopic (exact) mass is 432 g/mol. The Morgan fingerprint density at radius 2 is 1.77 bits per heavy atom. The zero-order valence-corrected chi connectivity index (χ0v) is 19.0. The number of methoxy groups -OCH3 is 1. The van der Waals surface area contributed by atoms with Gasteiger partial charge in [-0.05, 0) is 68.1 Å². The highest BCUT2D eigenvalue weighted by atomic mass is 32.2. The van der Waals surface area contributed by atoms with E-state index in [2.05, 4.69) is 5.32 Å². The first-order valence-corrected chi connectivity index (χ1v) is 11.4. The summed E-state index contributed by atoms with van der Waals surface area (Å²) >= 11 is 0. The van der Waals surface area contributed by atoms with Gasteiger partial charge in [0.1, 0.15) is 6.04 Å². The topological polar surface area (TPSA) is 92.8 Å². The number of aryl methyl sites for hydroxylation is 2. The summed E-state index contributed by atoms with van der Waals surface area (Å²) in [6, 6.07) is 9.23. The van der Waals surface area contributed by atoms with Crippen LogP contribution in [-0.4, -0.2) is 39.7 Å². The second kappa shape index (κ2) is 9.30. The van der Waals surface area contributed by atoms with E-state index in [0.717, 1.165) is 21.7 Å². The maximum atomic E-state index is 13.1. The van der Waals surface area contributed by atoms with Crippen LogP contribution in [0.25, 0.3) is 0 Å². The minimum Gasteiger partial charge on any atom is -0.465 e. The fraction of sp³-hybridized carbons (Fsp3) is 0.364. The Morgan fingerprint density at radius 1 is 1.10 bits per heavy atom. The second-order valence-corrected chi connectivity index (χ2v) is 9.07. The third kappa shape index (κ3) is 4.99. The van der Waals surface area contributed by atoms with Crippen molar-refractivity contribution in [1.82, 2.24) is 0 Å². The molecule has 0 spiro atoms. The number of nitrogens with one attached hydrogen (secondary N) is 1. The molecule has 1 atom stereocenters. The summed E-state index contributed by atoms with van der Waals surface area (Å²) in [5.41, 5.74) is 3.69. The standard InChI is InChI=1S/C22H28N2O5S/c1-7-20(24(30(6,27)28)17-12-11-14(2)15(3)13-17)21(25)23-19-10-8-9-18(16(19)4)22(26)29-5/h8-13,20H,7H2,1-6H3,(H,23,25). The molecule has 1 amide bonds. The van der Waals surface area contributed by atoms with Crippen LogP contribution in [0.4, 0.5) is 11.4 Å². The van der Waals surface area contributed by atoms with Crippen molar-refractivity contribution in [3.63, 3.8) is 0 Å². The van der Waals surface area contributed by atoms with Crippen molar-refractivity contribution in [2.24, 2.45) is 0 Å². The number of carbonyl (C=O) groups excluding carboxylic acids is 2. The lowest BCUT2D eigenvalue weighted by atomic mass is 10.1. The molecular weight excluding hydrogens is 404 g/mol. The predicted molar refractivity (Wildman–Crippen MR) is 118 cm³/mol. The molecule has 0 heterocycles. The SMILES string of the molecule is CCC(C(=O)Nc1cccc(C(=O)OC)c1C)N(c1ccc(C)c(C)c1)S(C)(=O)=O. The molecule has 0 aliphatic heterocycles. The van der Waals surface area contributed by atoms with E-state index in [0.29, 0.717) is 22.5 Å². The molecule has 0 bridgehead atoms. The molecule has 8 heteroatoms. The second-order valence-electron chi connectivity index (χ2n) is 7.21. The van der Waals surface area contributed by atoms with Crippen LogP contribution in [0.5, 0.6) is 0 Å². The van der Waals surface area contributed by atoms with E-state index in [1.165, 1.54) is 7.11 Å². The number of amides is 1. The van der Waals surface area contributed by atoms with Gasteiger partial charge in [-0.3, -0.25) is 9.10 Å². The van der Waals surface area contributed by atoms with E-state index in [4.69, 9.17) is 4.74 Å². The van der Waals surface area contributed by atoms with Crippen molar-refractivity contribution in [3.05, 3.63) is 58.7 Å². The van der Waals surface area contributed by atoms with E-state index in [-0.39, 0.29) is 6.42 Å². The fourth-order valence-electron chi connectivity index (χ4n) is 3.24. The van der Waals surface area contributed by atoms with Gasteiger partial charge in [0.15, 0.2) is 0 Å². The molecule has 0 fully saturated rings. The Hall–Kier alpha value is -2.87. The predicted octanol–water partition coefficient (Wildman–Crippen LogP) is 3.58. The number of nitrogens with zero attached hydrogens (tertiary/aromatic N) is 1. The van der Waals surface area contributed by atoms with Crippen molar-refractivity contribution < 1.29 is 22.7 Å². The Bertz CT molecular complexity index is 1060. The minimum atomic E-state index is -3.73. The van der Waals surface area contributed by atoms with E-state index < -0.39 is 27.9 Å². The number of hydrogen-bond acceptors (Lipinski definition) is 5. The number of ether oxygens (including phenoxy) is 1. The van der Waals surface area contributed by atoms with E-state index in [9.17, 15) is 18.0 Å². The minimum absolute atomic E-state index is 0.265. The van der Waals surface area contributed by atoms with Gasteiger partial charge in [0.2, 0.25) is 15.9 Å². The molecule has 2 rings (SSSR count). The zero-order valence-electron chi connectivity index (χ0n) is 18.1. The van der Waals surface area contributed by atoms with Gasteiger partial charge in [-0.1, -0.05) is 19.1 Å². The summed E-state index contributed by atoms with van der Waals surface area (Å²) in [7, 11) is -2.45. The molecular formula is C22H28N2O5S. The van der Waals surface area contributed by atoms with Crippen molar-refractivity contribution in [2.75, 3.05) is 23.0 Å². The molecule has 30 heavy (non-hydrogen) atoms. The number of carbonyl (C=O) groups is 2. The van der Waals surface area contributed by atoms with E-state index in [1.807, 2.05) is 19.9 Å². The number of anilines is 2. The summed E-state index contributed by atoms with van der Waals surface area (Å²) in [5, 5.41) is 2.78. The van der Waals surface area contributed by atoms with Crippen molar-refractivity contribution >= 4 is 33.3 Å². The summed E-state index contributed by atoms with van der Waals surface area (Å²) < 4.78 is 31.2. The highest BCUT2D eigenvalue weighted by Crippen LogP contribution is 2.26.